The summed E-state index contributed by atoms with van der Waals surface area (Å²) in [6.45, 7) is 3.82. The highest BCUT2D eigenvalue weighted by Crippen LogP contribution is 2.35. The first-order chi connectivity index (χ1) is 10.0. The summed E-state index contributed by atoms with van der Waals surface area (Å²) < 4.78 is 12.3. The van der Waals surface area contributed by atoms with Crippen LogP contribution in [0.5, 0.6) is 11.5 Å². The predicted octanol–water partition coefficient (Wildman–Crippen LogP) is 4.25. The SMILES string of the molecule is CCCCCC[S+]([O-])c1ccc2c(O)c(C)c(O)cc2c1. The van der Waals surface area contributed by atoms with Crippen LogP contribution < -0.4 is 0 Å². The molecule has 114 valence electrons. The summed E-state index contributed by atoms with van der Waals surface area (Å²) in [5.74, 6) is 0.811. The normalized spacial score (nSPS) is 12.7. The number of phenols is 2. The smallest absolute Gasteiger partial charge is 0.153 e. The maximum atomic E-state index is 12.3. The summed E-state index contributed by atoms with van der Waals surface area (Å²) in [6, 6.07) is 6.98. The average molecular weight is 306 g/mol. The Morgan fingerprint density at radius 3 is 2.57 bits per heavy atom. The lowest BCUT2D eigenvalue weighted by Crippen LogP contribution is -2.06. The summed E-state index contributed by atoms with van der Waals surface area (Å²) in [4.78, 5) is 0.752. The van der Waals surface area contributed by atoms with Crippen molar-refractivity contribution in [1.29, 1.82) is 0 Å². The van der Waals surface area contributed by atoms with Crippen molar-refractivity contribution in [3.8, 4) is 11.5 Å². The van der Waals surface area contributed by atoms with Gasteiger partial charge in [-0.3, -0.25) is 0 Å². The lowest BCUT2D eigenvalue weighted by molar-refractivity contribution is 0.448. The van der Waals surface area contributed by atoms with Crippen LogP contribution in [0.25, 0.3) is 10.8 Å². The van der Waals surface area contributed by atoms with Crippen LogP contribution in [0.4, 0.5) is 0 Å². The van der Waals surface area contributed by atoms with Gasteiger partial charge in [-0.05, 0) is 54.5 Å². The molecule has 2 aromatic rings. The highest BCUT2D eigenvalue weighted by molar-refractivity contribution is 7.91. The molecule has 3 nitrogen and oxygen atoms in total. The molecule has 21 heavy (non-hydrogen) atoms. The maximum Gasteiger partial charge on any atom is 0.153 e. The first-order valence-corrected chi connectivity index (χ1v) is 8.70. The van der Waals surface area contributed by atoms with Gasteiger partial charge < -0.3 is 14.8 Å². The summed E-state index contributed by atoms with van der Waals surface area (Å²) in [5.41, 5.74) is 0.468. The van der Waals surface area contributed by atoms with Gasteiger partial charge in [0.25, 0.3) is 0 Å². The Morgan fingerprint density at radius 2 is 1.86 bits per heavy atom. The quantitative estimate of drug-likeness (QED) is 0.619. The fourth-order valence-electron chi connectivity index (χ4n) is 2.37. The molecule has 0 saturated heterocycles. The summed E-state index contributed by atoms with van der Waals surface area (Å²) in [5, 5.41) is 21.2. The van der Waals surface area contributed by atoms with Crippen molar-refractivity contribution in [2.24, 2.45) is 0 Å². The van der Waals surface area contributed by atoms with Gasteiger partial charge in [-0.1, -0.05) is 19.8 Å². The van der Waals surface area contributed by atoms with Crippen molar-refractivity contribution in [2.45, 2.75) is 44.4 Å². The van der Waals surface area contributed by atoms with Gasteiger partial charge in [-0.15, -0.1) is 0 Å². The van der Waals surface area contributed by atoms with Crippen LogP contribution in [0.1, 0.15) is 38.2 Å². The second-order valence-electron chi connectivity index (χ2n) is 5.36. The molecule has 1 atom stereocenters. The molecule has 1 unspecified atom stereocenters. The zero-order chi connectivity index (χ0) is 15.4. The third-order valence-corrected chi connectivity index (χ3v) is 5.20. The number of rotatable bonds is 6. The minimum absolute atomic E-state index is 0.0610. The molecule has 0 fully saturated rings. The Labute approximate surface area is 128 Å². The fourth-order valence-corrected chi connectivity index (χ4v) is 3.55. The van der Waals surface area contributed by atoms with Gasteiger partial charge >= 0.3 is 0 Å². The summed E-state index contributed by atoms with van der Waals surface area (Å²) >= 11 is -1.02. The Hall–Kier alpha value is -1.39. The van der Waals surface area contributed by atoms with Gasteiger partial charge in [0, 0.05) is 17.0 Å². The van der Waals surface area contributed by atoms with E-state index < -0.39 is 11.2 Å². The number of hydrogen-bond donors (Lipinski definition) is 2. The molecular weight excluding hydrogens is 284 g/mol. The van der Waals surface area contributed by atoms with Crippen molar-refractivity contribution < 1.29 is 14.8 Å². The molecule has 0 spiro atoms. The van der Waals surface area contributed by atoms with Gasteiger partial charge in [0.15, 0.2) is 4.90 Å². The Bertz CT molecular complexity index is 625. The third kappa shape index (κ3) is 3.63. The summed E-state index contributed by atoms with van der Waals surface area (Å²) in [6.07, 6.45) is 4.41. The van der Waals surface area contributed by atoms with E-state index >= 15 is 0 Å². The maximum absolute atomic E-state index is 12.3. The van der Waals surface area contributed by atoms with Gasteiger partial charge in [-0.25, -0.2) is 0 Å². The predicted molar refractivity (Wildman–Crippen MR) is 87.4 cm³/mol. The number of hydrogen-bond acceptors (Lipinski definition) is 3. The van der Waals surface area contributed by atoms with Gasteiger partial charge in [0.05, 0.1) is 0 Å². The number of unbranched alkanes of at least 4 members (excludes halogenated alkanes) is 3. The van der Waals surface area contributed by atoms with Crippen molar-refractivity contribution in [3.05, 3.63) is 29.8 Å². The van der Waals surface area contributed by atoms with Crippen LogP contribution >= 0.6 is 0 Å². The highest BCUT2D eigenvalue weighted by atomic mass is 32.2. The Morgan fingerprint density at radius 1 is 1.10 bits per heavy atom. The molecule has 0 bridgehead atoms. The number of fused-ring (bicyclic) bond motifs is 1. The van der Waals surface area contributed by atoms with E-state index in [1.165, 1.54) is 12.8 Å². The van der Waals surface area contributed by atoms with Crippen molar-refractivity contribution in [1.82, 2.24) is 0 Å². The molecule has 0 amide bonds. The van der Waals surface area contributed by atoms with E-state index in [-0.39, 0.29) is 11.5 Å². The minimum Gasteiger partial charge on any atom is -0.611 e. The largest absolute Gasteiger partial charge is 0.611 e. The summed E-state index contributed by atoms with van der Waals surface area (Å²) in [7, 11) is 0. The van der Waals surface area contributed by atoms with Crippen LogP contribution in [0, 0.1) is 6.92 Å². The van der Waals surface area contributed by atoms with Crippen LogP contribution in [0.2, 0.25) is 0 Å². The molecule has 2 N–H and O–H groups in total. The number of aromatic hydroxyl groups is 2. The van der Waals surface area contributed by atoms with Crippen LogP contribution in [-0.2, 0) is 11.2 Å². The zero-order valence-corrected chi connectivity index (χ0v) is 13.4. The lowest BCUT2D eigenvalue weighted by Gasteiger charge is -2.12. The fraction of sp³-hybridized carbons (Fsp3) is 0.412. The molecule has 0 saturated carbocycles. The highest BCUT2D eigenvalue weighted by Gasteiger charge is 2.14. The van der Waals surface area contributed by atoms with E-state index in [0.29, 0.717) is 16.7 Å². The van der Waals surface area contributed by atoms with E-state index in [0.717, 1.165) is 23.1 Å². The van der Waals surface area contributed by atoms with E-state index in [9.17, 15) is 14.8 Å². The second kappa shape index (κ2) is 7.05. The number of benzene rings is 2. The molecular formula is C17H22O3S. The van der Waals surface area contributed by atoms with Crippen LogP contribution in [0.15, 0.2) is 29.2 Å². The molecule has 0 radical (unpaired) electrons. The van der Waals surface area contributed by atoms with Crippen LogP contribution in [-0.4, -0.2) is 20.5 Å². The first kappa shape index (κ1) is 16.0. The van der Waals surface area contributed by atoms with Crippen molar-refractivity contribution >= 4 is 21.9 Å². The van der Waals surface area contributed by atoms with E-state index in [2.05, 4.69) is 6.92 Å². The minimum atomic E-state index is -1.02. The van der Waals surface area contributed by atoms with E-state index in [1.54, 1.807) is 31.2 Å². The topological polar surface area (TPSA) is 63.5 Å². The molecule has 0 aromatic heterocycles. The van der Waals surface area contributed by atoms with E-state index in [4.69, 9.17) is 0 Å². The van der Waals surface area contributed by atoms with E-state index in [1.807, 2.05) is 0 Å². The molecule has 0 aliphatic heterocycles. The zero-order valence-electron chi connectivity index (χ0n) is 12.6. The van der Waals surface area contributed by atoms with Crippen LogP contribution in [0.3, 0.4) is 0 Å². The van der Waals surface area contributed by atoms with Gasteiger partial charge in [0.2, 0.25) is 0 Å². The van der Waals surface area contributed by atoms with Crippen molar-refractivity contribution in [3.63, 3.8) is 0 Å². The van der Waals surface area contributed by atoms with Gasteiger partial charge in [0.1, 0.15) is 17.3 Å². The standard InChI is InChI=1S/C17H22O3S/c1-3-4-5-6-9-21(20)14-7-8-15-13(10-14)11-16(18)12(2)17(15)19/h7-8,10-11,18-19H,3-6,9H2,1-2H3. The number of phenolic OH excluding ortho intramolecular Hbond substituents is 2. The second-order valence-corrected chi connectivity index (χ2v) is 6.93. The first-order valence-electron chi connectivity index (χ1n) is 7.38. The molecule has 0 aliphatic rings. The third-order valence-electron chi connectivity index (χ3n) is 3.76. The molecule has 2 rings (SSSR count). The molecule has 0 heterocycles. The molecule has 4 heteroatoms. The van der Waals surface area contributed by atoms with Gasteiger partial charge in [-0.2, -0.15) is 0 Å². The monoisotopic (exact) mass is 306 g/mol. The average Bonchev–Trinajstić information content (AvgIpc) is 2.48. The molecule has 0 aliphatic carbocycles. The Balaban J connectivity index is 2.20. The molecule has 2 aromatic carbocycles. The Kier molecular flexibility index (Phi) is 5.37. The van der Waals surface area contributed by atoms with Crippen molar-refractivity contribution in [2.75, 3.05) is 5.75 Å². The lowest BCUT2D eigenvalue weighted by atomic mass is 10.1.